The first-order valence-corrected chi connectivity index (χ1v) is 10.3. The molecule has 0 bridgehead atoms. The standard InChI is InChI=1S/C18H37NO.C2H7NO/c1-2-3-4-5-6-7-8-9-10-11-12-13-14-15-16-17-18(19)20;3-1-2-4/h2-17H2,1H3,(H2,19,20);4H,1-3H2. The summed E-state index contributed by atoms with van der Waals surface area (Å²) in [5.41, 5.74) is 9.89. The summed E-state index contributed by atoms with van der Waals surface area (Å²) >= 11 is 0. The lowest BCUT2D eigenvalue weighted by molar-refractivity contribution is -0.118. The van der Waals surface area contributed by atoms with Gasteiger partial charge in [0.1, 0.15) is 0 Å². The Labute approximate surface area is 150 Å². The number of amides is 1. The third-order valence-corrected chi connectivity index (χ3v) is 4.16. The van der Waals surface area contributed by atoms with Crippen LogP contribution in [-0.2, 0) is 4.79 Å². The number of primary amides is 1. The smallest absolute Gasteiger partial charge is 0.217 e. The molecule has 0 fully saturated rings. The first-order chi connectivity index (χ1) is 11.7. The van der Waals surface area contributed by atoms with Gasteiger partial charge in [0, 0.05) is 13.0 Å². The van der Waals surface area contributed by atoms with E-state index in [0.29, 0.717) is 13.0 Å². The summed E-state index contributed by atoms with van der Waals surface area (Å²) in [5, 5.41) is 7.75. The van der Waals surface area contributed by atoms with Gasteiger partial charge in [-0.05, 0) is 6.42 Å². The third-order valence-electron chi connectivity index (χ3n) is 4.16. The summed E-state index contributed by atoms with van der Waals surface area (Å²) in [7, 11) is 0. The predicted octanol–water partition coefficient (Wildman–Crippen LogP) is 4.67. The Kier molecular flexibility index (Phi) is 26.3. The van der Waals surface area contributed by atoms with Crippen LogP contribution in [0.25, 0.3) is 0 Å². The van der Waals surface area contributed by atoms with E-state index in [9.17, 15) is 4.79 Å². The molecule has 0 rings (SSSR count). The highest BCUT2D eigenvalue weighted by atomic mass is 16.3. The zero-order chi connectivity index (χ0) is 18.3. The Morgan fingerprint density at radius 2 is 1.00 bits per heavy atom. The fraction of sp³-hybridized carbons (Fsp3) is 0.950. The molecule has 0 saturated carbocycles. The van der Waals surface area contributed by atoms with E-state index in [0.717, 1.165) is 6.42 Å². The van der Waals surface area contributed by atoms with Crippen LogP contribution >= 0.6 is 0 Å². The SMILES string of the molecule is CCCCCCCCCCCCCCCCCC(N)=O.NCCO. The normalized spacial score (nSPS) is 10.3. The second-order valence-corrected chi connectivity index (χ2v) is 6.68. The van der Waals surface area contributed by atoms with E-state index >= 15 is 0 Å². The lowest BCUT2D eigenvalue weighted by Gasteiger charge is -2.03. The van der Waals surface area contributed by atoms with Crippen molar-refractivity contribution >= 4 is 5.91 Å². The predicted molar refractivity (Wildman–Crippen MR) is 105 cm³/mol. The number of aliphatic hydroxyl groups excluding tert-OH is 1. The van der Waals surface area contributed by atoms with Crippen LogP contribution in [0.4, 0.5) is 0 Å². The number of unbranched alkanes of at least 4 members (excludes halogenated alkanes) is 14. The summed E-state index contributed by atoms with van der Waals surface area (Å²) in [6.07, 6.45) is 20.9. The van der Waals surface area contributed by atoms with Crippen LogP contribution in [-0.4, -0.2) is 24.2 Å². The molecule has 0 aromatic carbocycles. The summed E-state index contributed by atoms with van der Waals surface area (Å²) in [4.78, 5) is 10.6. The van der Waals surface area contributed by atoms with E-state index in [2.05, 4.69) is 6.92 Å². The Morgan fingerprint density at radius 1 is 0.708 bits per heavy atom. The molecule has 24 heavy (non-hydrogen) atoms. The number of rotatable bonds is 17. The van der Waals surface area contributed by atoms with Gasteiger partial charge in [0.15, 0.2) is 0 Å². The molecule has 5 N–H and O–H groups in total. The van der Waals surface area contributed by atoms with Gasteiger partial charge in [-0.15, -0.1) is 0 Å². The average molecular weight is 345 g/mol. The Bertz CT molecular complexity index is 234. The fourth-order valence-electron chi connectivity index (χ4n) is 2.67. The topological polar surface area (TPSA) is 89.3 Å². The maximum atomic E-state index is 10.6. The zero-order valence-electron chi connectivity index (χ0n) is 16.2. The molecular formula is C20H44N2O2. The molecular weight excluding hydrogens is 300 g/mol. The largest absolute Gasteiger partial charge is 0.395 e. The summed E-state index contributed by atoms with van der Waals surface area (Å²) in [6.45, 7) is 2.75. The molecule has 4 heteroatoms. The molecule has 0 radical (unpaired) electrons. The molecule has 0 unspecified atom stereocenters. The van der Waals surface area contributed by atoms with Crippen LogP contribution in [0.2, 0.25) is 0 Å². The Balaban J connectivity index is 0. The van der Waals surface area contributed by atoms with E-state index in [-0.39, 0.29) is 12.5 Å². The molecule has 0 aliphatic rings. The molecule has 1 amide bonds. The van der Waals surface area contributed by atoms with Gasteiger partial charge in [0.25, 0.3) is 0 Å². The molecule has 0 aliphatic heterocycles. The van der Waals surface area contributed by atoms with Crippen LogP contribution in [0, 0.1) is 0 Å². The van der Waals surface area contributed by atoms with E-state index in [1.54, 1.807) is 0 Å². The molecule has 4 nitrogen and oxygen atoms in total. The number of carbonyl (C=O) groups excluding carboxylic acids is 1. The number of hydrogen-bond donors (Lipinski definition) is 3. The number of aliphatic hydroxyl groups is 1. The fourth-order valence-corrected chi connectivity index (χ4v) is 2.67. The van der Waals surface area contributed by atoms with Crippen molar-refractivity contribution in [2.45, 2.75) is 110 Å². The lowest BCUT2D eigenvalue weighted by atomic mass is 10.0. The monoisotopic (exact) mass is 344 g/mol. The summed E-state index contributed by atoms with van der Waals surface area (Å²) in [6, 6.07) is 0. The van der Waals surface area contributed by atoms with Crippen molar-refractivity contribution in [2.24, 2.45) is 11.5 Å². The van der Waals surface area contributed by atoms with Gasteiger partial charge in [-0.2, -0.15) is 0 Å². The van der Waals surface area contributed by atoms with Crippen molar-refractivity contribution < 1.29 is 9.90 Å². The third kappa shape index (κ3) is 29.4. The second-order valence-electron chi connectivity index (χ2n) is 6.68. The quantitative estimate of drug-likeness (QED) is 0.335. The van der Waals surface area contributed by atoms with Crippen LogP contribution in [0.1, 0.15) is 110 Å². The van der Waals surface area contributed by atoms with Gasteiger partial charge in [0.05, 0.1) is 6.61 Å². The van der Waals surface area contributed by atoms with E-state index in [1.165, 1.54) is 89.9 Å². The number of carbonyl (C=O) groups is 1. The van der Waals surface area contributed by atoms with Crippen LogP contribution in [0.15, 0.2) is 0 Å². The van der Waals surface area contributed by atoms with Gasteiger partial charge < -0.3 is 16.6 Å². The van der Waals surface area contributed by atoms with Crippen LogP contribution < -0.4 is 11.5 Å². The van der Waals surface area contributed by atoms with Crippen molar-refractivity contribution in [3.63, 3.8) is 0 Å². The molecule has 0 atom stereocenters. The summed E-state index contributed by atoms with van der Waals surface area (Å²) < 4.78 is 0. The van der Waals surface area contributed by atoms with Crippen molar-refractivity contribution in [1.29, 1.82) is 0 Å². The Hall–Kier alpha value is -0.610. The minimum atomic E-state index is -0.153. The molecule has 0 aromatic heterocycles. The molecule has 0 spiro atoms. The first-order valence-electron chi connectivity index (χ1n) is 10.3. The highest BCUT2D eigenvalue weighted by Crippen LogP contribution is 2.13. The minimum absolute atomic E-state index is 0.0972. The lowest BCUT2D eigenvalue weighted by Crippen LogP contribution is -2.09. The molecule has 0 heterocycles. The highest BCUT2D eigenvalue weighted by molar-refractivity contribution is 5.73. The number of nitrogens with two attached hydrogens (primary N) is 2. The van der Waals surface area contributed by atoms with E-state index in [4.69, 9.17) is 16.6 Å². The number of hydrogen-bond acceptors (Lipinski definition) is 3. The van der Waals surface area contributed by atoms with Crippen LogP contribution in [0.3, 0.4) is 0 Å². The van der Waals surface area contributed by atoms with E-state index in [1.807, 2.05) is 0 Å². The van der Waals surface area contributed by atoms with Gasteiger partial charge in [-0.1, -0.05) is 96.8 Å². The minimum Gasteiger partial charge on any atom is -0.395 e. The maximum Gasteiger partial charge on any atom is 0.217 e. The highest BCUT2D eigenvalue weighted by Gasteiger charge is 1.96. The van der Waals surface area contributed by atoms with Gasteiger partial charge >= 0.3 is 0 Å². The summed E-state index contributed by atoms with van der Waals surface area (Å²) in [5.74, 6) is -0.153. The van der Waals surface area contributed by atoms with E-state index < -0.39 is 0 Å². The molecule has 146 valence electrons. The maximum absolute atomic E-state index is 10.6. The second kappa shape index (κ2) is 24.6. The van der Waals surface area contributed by atoms with Crippen molar-refractivity contribution in [1.82, 2.24) is 0 Å². The van der Waals surface area contributed by atoms with Crippen LogP contribution in [0.5, 0.6) is 0 Å². The first kappa shape index (κ1) is 25.6. The van der Waals surface area contributed by atoms with Gasteiger partial charge in [0.2, 0.25) is 5.91 Å². The van der Waals surface area contributed by atoms with Crippen molar-refractivity contribution in [3.05, 3.63) is 0 Å². The van der Waals surface area contributed by atoms with Crippen molar-refractivity contribution in [3.8, 4) is 0 Å². The molecule has 0 saturated heterocycles. The Morgan fingerprint density at radius 3 is 1.25 bits per heavy atom. The van der Waals surface area contributed by atoms with Crippen molar-refractivity contribution in [2.75, 3.05) is 13.2 Å². The zero-order valence-corrected chi connectivity index (χ0v) is 16.2. The van der Waals surface area contributed by atoms with Gasteiger partial charge in [-0.25, -0.2) is 0 Å². The van der Waals surface area contributed by atoms with Gasteiger partial charge in [-0.3, -0.25) is 4.79 Å². The molecule has 0 aromatic rings. The molecule has 0 aliphatic carbocycles. The average Bonchev–Trinajstić information content (AvgIpc) is 2.58.